The van der Waals surface area contributed by atoms with Crippen LogP contribution < -0.4 is 10.5 Å². The van der Waals surface area contributed by atoms with E-state index in [0.29, 0.717) is 5.75 Å². The highest BCUT2D eigenvalue weighted by atomic mass is 19.1. The maximum atomic E-state index is 12.9. The normalized spacial score (nSPS) is 17.5. The maximum absolute atomic E-state index is 12.9. The summed E-state index contributed by atoms with van der Waals surface area (Å²) in [6.45, 7) is 0. The van der Waals surface area contributed by atoms with Crippen molar-refractivity contribution in [2.75, 3.05) is 7.11 Å². The van der Waals surface area contributed by atoms with E-state index in [4.69, 9.17) is 10.5 Å². The van der Waals surface area contributed by atoms with Gasteiger partial charge in [0.05, 0.1) is 7.11 Å². The van der Waals surface area contributed by atoms with Crippen molar-refractivity contribution in [2.24, 2.45) is 5.73 Å². The summed E-state index contributed by atoms with van der Waals surface area (Å²) in [5.74, 6) is 0.365. The van der Waals surface area contributed by atoms with Crippen LogP contribution in [0.25, 0.3) is 0 Å². The Kier molecular flexibility index (Phi) is 2.65. The molecule has 15 heavy (non-hydrogen) atoms. The fourth-order valence-corrected chi connectivity index (χ4v) is 1.72. The van der Waals surface area contributed by atoms with E-state index in [2.05, 4.69) is 0 Å². The van der Waals surface area contributed by atoms with Crippen LogP contribution in [0.15, 0.2) is 18.2 Å². The van der Waals surface area contributed by atoms with E-state index >= 15 is 0 Å². The smallest absolute Gasteiger partial charge is 0.126 e. The molecule has 0 radical (unpaired) electrons. The summed E-state index contributed by atoms with van der Waals surface area (Å²) in [5.41, 5.74) is 7.08. The Labute approximate surface area is 89.2 Å². The first kappa shape index (κ1) is 10.4. The first-order chi connectivity index (χ1) is 7.13. The van der Waals surface area contributed by atoms with Gasteiger partial charge in [-0.15, -0.1) is 0 Å². The molecule has 0 aromatic heterocycles. The second kappa shape index (κ2) is 3.81. The zero-order valence-corrected chi connectivity index (χ0v) is 8.92. The molecule has 0 heterocycles. The number of aryl methyl sites for hydroxylation is 1. The van der Waals surface area contributed by atoms with E-state index < -0.39 is 0 Å². The van der Waals surface area contributed by atoms with Gasteiger partial charge in [0.25, 0.3) is 0 Å². The van der Waals surface area contributed by atoms with Crippen LogP contribution >= 0.6 is 0 Å². The summed E-state index contributed by atoms with van der Waals surface area (Å²) < 4.78 is 18.0. The number of halogens is 1. The van der Waals surface area contributed by atoms with Gasteiger partial charge in [-0.2, -0.15) is 0 Å². The predicted octanol–water partition coefficient (Wildman–Crippen LogP) is 2.26. The quantitative estimate of drug-likeness (QED) is 0.825. The monoisotopic (exact) mass is 209 g/mol. The number of nitrogens with two attached hydrogens (primary N) is 1. The molecule has 0 spiro atoms. The highest BCUT2D eigenvalue weighted by Gasteiger charge is 2.37. The van der Waals surface area contributed by atoms with Crippen molar-refractivity contribution in [2.45, 2.75) is 31.2 Å². The lowest BCUT2D eigenvalue weighted by Crippen LogP contribution is -2.22. The molecular formula is C12H16FNO. The van der Waals surface area contributed by atoms with Gasteiger partial charge in [0.15, 0.2) is 0 Å². The van der Waals surface area contributed by atoms with Gasteiger partial charge in [-0.1, -0.05) is 6.07 Å². The summed E-state index contributed by atoms with van der Waals surface area (Å²) in [5, 5.41) is 0. The standard InChI is InChI=1S/C12H16FNO/c1-15-11-8-10(13)3-2-9(11)4-5-12(14)6-7-12/h2-3,8H,4-7,14H2,1H3. The molecule has 1 aliphatic carbocycles. The second-order valence-electron chi connectivity index (χ2n) is 4.32. The van der Waals surface area contributed by atoms with Crippen LogP contribution in [0.2, 0.25) is 0 Å². The van der Waals surface area contributed by atoms with E-state index in [1.165, 1.54) is 12.1 Å². The molecular weight excluding hydrogens is 193 g/mol. The molecule has 3 heteroatoms. The lowest BCUT2D eigenvalue weighted by molar-refractivity contribution is 0.404. The van der Waals surface area contributed by atoms with Gasteiger partial charge in [-0.25, -0.2) is 4.39 Å². The molecule has 1 fully saturated rings. The second-order valence-corrected chi connectivity index (χ2v) is 4.32. The zero-order chi connectivity index (χ0) is 10.9. The van der Waals surface area contributed by atoms with Crippen LogP contribution in [0, 0.1) is 5.82 Å². The van der Waals surface area contributed by atoms with E-state index in [0.717, 1.165) is 31.2 Å². The fourth-order valence-electron chi connectivity index (χ4n) is 1.72. The molecule has 0 aliphatic heterocycles. The van der Waals surface area contributed by atoms with Gasteiger partial charge in [-0.05, 0) is 37.3 Å². The average molecular weight is 209 g/mol. The van der Waals surface area contributed by atoms with Gasteiger partial charge < -0.3 is 10.5 Å². The van der Waals surface area contributed by atoms with Gasteiger partial charge >= 0.3 is 0 Å². The molecule has 1 aromatic carbocycles. The Hall–Kier alpha value is -1.09. The van der Waals surface area contributed by atoms with Gasteiger partial charge in [0.2, 0.25) is 0 Å². The lowest BCUT2D eigenvalue weighted by atomic mass is 10.0. The molecule has 1 aromatic rings. The number of methoxy groups -OCH3 is 1. The SMILES string of the molecule is COc1cc(F)ccc1CCC1(N)CC1. The number of hydrogen-bond donors (Lipinski definition) is 1. The summed E-state index contributed by atoms with van der Waals surface area (Å²) in [7, 11) is 1.56. The third-order valence-corrected chi connectivity index (χ3v) is 3.03. The van der Waals surface area contributed by atoms with Gasteiger partial charge in [0.1, 0.15) is 11.6 Å². The Morgan fingerprint density at radius 3 is 2.80 bits per heavy atom. The highest BCUT2D eigenvalue weighted by molar-refractivity contribution is 5.34. The molecule has 1 aliphatic rings. The van der Waals surface area contributed by atoms with Crippen molar-refractivity contribution in [1.29, 1.82) is 0 Å². The number of hydrogen-bond acceptors (Lipinski definition) is 2. The topological polar surface area (TPSA) is 35.2 Å². The van der Waals surface area contributed by atoms with Crippen molar-refractivity contribution >= 4 is 0 Å². The van der Waals surface area contributed by atoms with Gasteiger partial charge in [-0.3, -0.25) is 0 Å². The minimum absolute atomic E-state index is 0.0411. The number of ether oxygens (including phenoxy) is 1. The van der Waals surface area contributed by atoms with Crippen molar-refractivity contribution in [3.63, 3.8) is 0 Å². The van der Waals surface area contributed by atoms with Crippen molar-refractivity contribution in [3.05, 3.63) is 29.6 Å². The number of benzene rings is 1. The van der Waals surface area contributed by atoms with Crippen LogP contribution in [-0.2, 0) is 6.42 Å². The Morgan fingerprint density at radius 2 is 2.20 bits per heavy atom. The molecule has 2 N–H and O–H groups in total. The first-order valence-corrected chi connectivity index (χ1v) is 5.24. The lowest BCUT2D eigenvalue weighted by Gasteiger charge is -2.11. The summed E-state index contributed by atoms with van der Waals surface area (Å²) in [6.07, 6.45) is 4.03. The summed E-state index contributed by atoms with van der Waals surface area (Å²) >= 11 is 0. The van der Waals surface area contributed by atoms with Crippen LogP contribution in [0.4, 0.5) is 4.39 Å². The molecule has 0 atom stereocenters. The van der Waals surface area contributed by atoms with E-state index in [1.807, 2.05) is 0 Å². The molecule has 1 saturated carbocycles. The first-order valence-electron chi connectivity index (χ1n) is 5.24. The third-order valence-electron chi connectivity index (χ3n) is 3.03. The van der Waals surface area contributed by atoms with E-state index in [1.54, 1.807) is 13.2 Å². The fraction of sp³-hybridized carbons (Fsp3) is 0.500. The molecule has 0 bridgehead atoms. The van der Waals surface area contributed by atoms with Crippen molar-refractivity contribution in [1.82, 2.24) is 0 Å². The zero-order valence-electron chi connectivity index (χ0n) is 8.92. The Morgan fingerprint density at radius 1 is 1.47 bits per heavy atom. The summed E-state index contributed by atoms with van der Waals surface area (Å²) in [6, 6.07) is 4.67. The minimum Gasteiger partial charge on any atom is -0.496 e. The maximum Gasteiger partial charge on any atom is 0.126 e. The molecule has 2 rings (SSSR count). The van der Waals surface area contributed by atoms with Crippen molar-refractivity contribution < 1.29 is 9.13 Å². The Bertz CT molecular complexity index is 361. The minimum atomic E-state index is -0.260. The van der Waals surface area contributed by atoms with Crippen LogP contribution in [0.3, 0.4) is 0 Å². The van der Waals surface area contributed by atoms with E-state index in [9.17, 15) is 4.39 Å². The largest absolute Gasteiger partial charge is 0.496 e. The molecule has 82 valence electrons. The van der Waals surface area contributed by atoms with Crippen molar-refractivity contribution in [3.8, 4) is 5.75 Å². The summed E-state index contributed by atoms with van der Waals surface area (Å²) in [4.78, 5) is 0. The molecule has 2 nitrogen and oxygen atoms in total. The van der Waals surface area contributed by atoms with E-state index in [-0.39, 0.29) is 11.4 Å². The predicted molar refractivity (Wildman–Crippen MR) is 57.4 cm³/mol. The van der Waals surface area contributed by atoms with Crippen LogP contribution in [0.5, 0.6) is 5.75 Å². The molecule has 0 unspecified atom stereocenters. The Balaban J connectivity index is 2.06. The van der Waals surface area contributed by atoms with Crippen LogP contribution in [-0.4, -0.2) is 12.6 Å². The van der Waals surface area contributed by atoms with Crippen LogP contribution in [0.1, 0.15) is 24.8 Å². The average Bonchev–Trinajstić information content (AvgIpc) is 2.95. The third kappa shape index (κ3) is 2.48. The number of rotatable bonds is 4. The van der Waals surface area contributed by atoms with Gasteiger partial charge in [0, 0.05) is 11.6 Å². The molecule has 0 amide bonds. The highest BCUT2D eigenvalue weighted by Crippen LogP contribution is 2.37. The molecule has 0 saturated heterocycles.